The Bertz CT molecular complexity index is 928. The molecule has 0 unspecified atom stereocenters. The molecule has 0 bridgehead atoms. The predicted octanol–water partition coefficient (Wildman–Crippen LogP) is 3.77. The van der Waals surface area contributed by atoms with Crippen LogP contribution < -0.4 is 4.74 Å². The van der Waals surface area contributed by atoms with E-state index < -0.39 is 11.6 Å². The first kappa shape index (κ1) is 16.6. The smallest absolute Gasteiger partial charge is 0.203 e. The first-order valence-corrected chi connectivity index (χ1v) is 7.40. The van der Waals surface area contributed by atoms with Crippen molar-refractivity contribution in [3.8, 4) is 5.75 Å². The minimum Gasteiger partial charge on any atom is -0.483 e. The number of aromatic nitrogens is 2. The van der Waals surface area contributed by atoms with Gasteiger partial charge in [0.2, 0.25) is 5.78 Å². The van der Waals surface area contributed by atoms with Crippen molar-refractivity contribution in [2.75, 3.05) is 0 Å². The molecule has 1 aromatic carbocycles. The van der Waals surface area contributed by atoms with E-state index in [4.69, 9.17) is 9.15 Å². The summed E-state index contributed by atoms with van der Waals surface area (Å²) in [5, 5.41) is 3.93. The number of halogens is 2. The second-order valence-corrected chi connectivity index (χ2v) is 5.21. The molecule has 0 radical (unpaired) electrons. The van der Waals surface area contributed by atoms with Crippen LogP contribution in [0.1, 0.15) is 22.0 Å². The zero-order valence-corrected chi connectivity index (χ0v) is 13.3. The molecule has 2 aromatic heterocycles. The number of furan rings is 1. The average molecular weight is 344 g/mol. The summed E-state index contributed by atoms with van der Waals surface area (Å²) in [6, 6.07) is 7.99. The van der Waals surface area contributed by atoms with E-state index in [0.29, 0.717) is 17.2 Å². The van der Waals surface area contributed by atoms with Crippen molar-refractivity contribution in [1.82, 2.24) is 9.78 Å². The van der Waals surface area contributed by atoms with Gasteiger partial charge in [0.15, 0.2) is 11.6 Å². The summed E-state index contributed by atoms with van der Waals surface area (Å²) in [5.74, 6) is -0.837. The highest BCUT2D eigenvalue weighted by molar-refractivity contribution is 6.05. The van der Waals surface area contributed by atoms with Crippen LogP contribution in [0.2, 0.25) is 0 Å². The fraction of sp³-hybridized carbons (Fsp3) is 0.111. The first-order chi connectivity index (χ1) is 12.0. The van der Waals surface area contributed by atoms with Gasteiger partial charge in [-0.1, -0.05) is 0 Å². The highest BCUT2D eigenvalue weighted by atomic mass is 19.1. The Morgan fingerprint density at radius 2 is 2.12 bits per heavy atom. The molecule has 0 N–H and O–H groups in total. The molecule has 0 atom stereocenters. The average Bonchev–Trinajstić information content (AvgIpc) is 3.21. The minimum atomic E-state index is -0.784. The number of hydrogen-bond acceptors (Lipinski definition) is 4. The van der Waals surface area contributed by atoms with Crippen LogP contribution in [0.25, 0.3) is 6.08 Å². The topological polar surface area (TPSA) is 57.3 Å². The molecule has 0 aliphatic heterocycles. The number of aryl methyl sites for hydroxylation is 1. The van der Waals surface area contributed by atoms with E-state index in [1.807, 2.05) is 0 Å². The van der Waals surface area contributed by atoms with Gasteiger partial charge in [-0.05, 0) is 42.5 Å². The molecule has 0 saturated carbocycles. The van der Waals surface area contributed by atoms with Crippen LogP contribution in [0.3, 0.4) is 0 Å². The van der Waals surface area contributed by atoms with E-state index in [1.54, 1.807) is 25.2 Å². The van der Waals surface area contributed by atoms with Crippen LogP contribution in [0.4, 0.5) is 8.78 Å². The monoisotopic (exact) mass is 344 g/mol. The van der Waals surface area contributed by atoms with E-state index in [2.05, 4.69) is 5.10 Å². The van der Waals surface area contributed by atoms with Crippen molar-refractivity contribution in [1.29, 1.82) is 0 Å². The van der Waals surface area contributed by atoms with Gasteiger partial charge in [-0.25, -0.2) is 8.78 Å². The molecular weight excluding hydrogens is 330 g/mol. The first-order valence-electron chi connectivity index (χ1n) is 7.40. The Labute approximate surface area is 142 Å². The molecule has 0 saturated heterocycles. The molecule has 0 aliphatic rings. The summed E-state index contributed by atoms with van der Waals surface area (Å²) < 4.78 is 38.5. The summed E-state index contributed by atoms with van der Waals surface area (Å²) in [7, 11) is 1.68. The maximum atomic E-state index is 13.5. The Hall–Kier alpha value is -3.22. The summed E-state index contributed by atoms with van der Waals surface area (Å²) >= 11 is 0. The molecule has 2 heterocycles. The van der Waals surface area contributed by atoms with Crippen LogP contribution in [0.15, 0.2) is 53.1 Å². The third-order valence-electron chi connectivity index (χ3n) is 3.42. The Kier molecular flexibility index (Phi) is 4.74. The van der Waals surface area contributed by atoms with Crippen LogP contribution in [0, 0.1) is 11.6 Å². The quantitative estimate of drug-likeness (QED) is 0.505. The fourth-order valence-corrected chi connectivity index (χ4v) is 2.16. The lowest BCUT2D eigenvalue weighted by Gasteiger charge is -2.05. The van der Waals surface area contributed by atoms with Gasteiger partial charge in [0.05, 0.1) is 0 Å². The van der Waals surface area contributed by atoms with Crippen molar-refractivity contribution < 1.29 is 22.7 Å². The Balaban J connectivity index is 1.61. The van der Waals surface area contributed by atoms with Gasteiger partial charge < -0.3 is 9.15 Å². The molecule has 7 heteroatoms. The normalized spacial score (nSPS) is 11.2. The summed E-state index contributed by atoms with van der Waals surface area (Å²) in [4.78, 5) is 12.0. The highest BCUT2D eigenvalue weighted by Crippen LogP contribution is 2.20. The number of carbonyl (C=O) groups is 1. The third-order valence-corrected chi connectivity index (χ3v) is 3.42. The third kappa shape index (κ3) is 4.00. The van der Waals surface area contributed by atoms with Gasteiger partial charge in [-0.2, -0.15) is 5.10 Å². The zero-order chi connectivity index (χ0) is 17.8. The lowest BCUT2D eigenvalue weighted by Crippen LogP contribution is -2.03. The summed E-state index contributed by atoms with van der Waals surface area (Å²) in [6.07, 6.45) is 4.44. The second-order valence-electron chi connectivity index (χ2n) is 5.21. The lowest BCUT2D eigenvalue weighted by molar-refractivity contribution is 0.103. The number of ether oxygens (including phenoxy) is 1. The Morgan fingerprint density at radius 1 is 1.28 bits per heavy atom. The predicted molar refractivity (Wildman–Crippen MR) is 86.0 cm³/mol. The van der Waals surface area contributed by atoms with E-state index in [1.165, 1.54) is 29.1 Å². The number of benzene rings is 1. The standard InChI is InChI=1S/C18H14F2N2O3/c1-22-16(8-9-21-22)17(23)6-5-13-3-4-14(25-13)11-24-18-7-2-12(19)10-15(18)20/h2-10H,11H2,1H3/b6-5-. The number of nitrogens with zero attached hydrogens (tertiary/aromatic N) is 2. The molecule has 0 aliphatic carbocycles. The second kappa shape index (κ2) is 7.12. The van der Waals surface area contributed by atoms with Gasteiger partial charge in [0.25, 0.3) is 0 Å². The van der Waals surface area contributed by atoms with Crippen molar-refractivity contribution in [3.63, 3.8) is 0 Å². The molecule has 0 amide bonds. The highest BCUT2D eigenvalue weighted by Gasteiger charge is 2.08. The van der Waals surface area contributed by atoms with E-state index in [9.17, 15) is 13.6 Å². The summed E-state index contributed by atoms with van der Waals surface area (Å²) in [5.41, 5.74) is 0.457. The molecule has 128 valence electrons. The van der Waals surface area contributed by atoms with E-state index in [-0.39, 0.29) is 18.1 Å². The SMILES string of the molecule is Cn1nccc1C(=O)/C=C\c1ccc(COc2ccc(F)cc2F)o1. The molecule has 0 fully saturated rings. The van der Waals surface area contributed by atoms with Crippen LogP contribution >= 0.6 is 0 Å². The number of allylic oxidation sites excluding steroid dienone is 1. The van der Waals surface area contributed by atoms with Crippen molar-refractivity contribution in [2.24, 2.45) is 7.05 Å². The van der Waals surface area contributed by atoms with Crippen molar-refractivity contribution in [3.05, 3.63) is 77.5 Å². The minimum absolute atomic E-state index is 0.0218. The largest absolute Gasteiger partial charge is 0.483 e. The maximum Gasteiger partial charge on any atom is 0.203 e. The Morgan fingerprint density at radius 3 is 2.84 bits per heavy atom. The van der Waals surface area contributed by atoms with Gasteiger partial charge in [-0.15, -0.1) is 0 Å². The van der Waals surface area contributed by atoms with Crippen molar-refractivity contribution >= 4 is 11.9 Å². The molecule has 25 heavy (non-hydrogen) atoms. The van der Waals surface area contributed by atoms with E-state index >= 15 is 0 Å². The molecule has 3 rings (SSSR count). The molecule has 0 spiro atoms. The zero-order valence-electron chi connectivity index (χ0n) is 13.3. The van der Waals surface area contributed by atoms with Crippen molar-refractivity contribution in [2.45, 2.75) is 6.61 Å². The van der Waals surface area contributed by atoms with Crippen LogP contribution in [-0.2, 0) is 13.7 Å². The maximum absolute atomic E-state index is 13.5. The van der Waals surface area contributed by atoms with Gasteiger partial charge in [-0.3, -0.25) is 9.48 Å². The summed E-state index contributed by atoms with van der Waals surface area (Å²) in [6.45, 7) is -0.0218. The van der Waals surface area contributed by atoms with Crippen LogP contribution in [0.5, 0.6) is 5.75 Å². The molecule has 3 aromatic rings. The lowest BCUT2D eigenvalue weighted by atomic mass is 10.2. The van der Waals surface area contributed by atoms with Crippen LogP contribution in [-0.4, -0.2) is 15.6 Å². The van der Waals surface area contributed by atoms with E-state index in [0.717, 1.165) is 12.1 Å². The van der Waals surface area contributed by atoms with Gasteiger partial charge >= 0.3 is 0 Å². The molecular formula is C18H14F2N2O3. The molecule has 5 nitrogen and oxygen atoms in total. The number of rotatable bonds is 6. The fourth-order valence-electron chi connectivity index (χ4n) is 2.16. The number of hydrogen-bond donors (Lipinski definition) is 0. The van der Waals surface area contributed by atoms with Gasteiger partial charge in [0.1, 0.15) is 29.6 Å². The van der Waals surface area contributed by atoms with Gasteiger partial charge in [0, 0.05) is 19.3 Å². The number of ketones is 1. The number of carbonyl (C=O) groups excluding carboxylic acids is 1.